The second kappa shape index (κ2) is 10.2. The van der Waals surface area contributed by atoms with Crippen molar-refractivity contribution in [2.45, 2.75) is 33.0 Å². The minimum absolute atomic E-state index is 0.0537. The first-order valence-corrected chi connectivity index (χ1v) is 9.67. The van der Waals surface area contributed by atoms with Crippen LogP contribution >= 0.6 is 22.6 Å². The van der Waals surface area contributed by atoms with Crippen LogP contribution < -0.4 is 4.74 Å². The van der Waals surface area contributed by atoms with Crippen molar-refractivity contribution in [2.75, 3.05) is 19.8 Å². The fourth-order valence-electron chi connectivity index (χ4n) is 2.72. The van der Waals surface area contributed by atoms with Crippen molar-refractivity contribution in [2.24, 2.45) is 0 Å². The molecule has 0 heterocycles. The van der Waals surface area contributed by atoms with E-state index in [1.165, 1.54) is 0 Å². The van der Waals surface area contributed by atoms with Gasteiger partial charge in [0.25, 0.3) is 0 Å². The maximum Gasteiger partial charge on any atom is 0.321 e. The lowest BCUT2D eigenvalue weighted by Crippen LogP contribution is -2.25. The van der Waals surface area contributed by atoms with Gasteiger partial charge in [-0.15, -0.1) is 0 Å². The second-order valence-corrected chi connectivity index (χ2v) is 6.84. The largest absolute Gasteiger partial charge is 0.481 e. The first-order valence-electron chi connectivity index (χ1n) is 8.59. The van der Waals surface area contributed by atoms with Crippen LogP contribution in [0.4, 0.5) is 18.9 Å². The predicted octanol–water partition coefficient (Wildman–Crippen LogP) is 5.44. The minimum atomic E-state index is -1.50. The SMILES string of the molecule is CCOC(COc1cc(F)c(F)c(C2=C(F)CCC=C2I)c1[N+](=O)[O-])OCC. The Hall–Kier alpha value is -1.66. The lowest BCUT2D eigenvalue weighted by atomic mass is 9.96. The Balaban J connectivity index is 2.55. The molecule has 0 fully saturated rings. The Labute approximate surface area is 173 Å². The van der Waals surface area contributed by atoms with Gasteiger partial charge in [0.05, 0.1) is 4.92 Å². The zero-order chi connectivity index (χ0) is 20.8. The number of nitro groups is 1. The van der Waals surface area contributed by atoms with Gasteiger partial charge in [-0.2, -0.15) is 0 Å². The Morgan fingerprint density at radius 1 is 1.25 bits per heavy atom. The third-order valence-electron chi connectivity index (χ3n) is 3.87. The van der Waals surface area contributed by atoms with Crippen LogP contribution in [-0.4, -0.2) is 31.0 Å². The molecule has 0 N–H and O–H groups in total. The molecule has 1 aliphatic rings. The van der Waals surface area contributed by atoms with Crippen LogP contribution in [0.25, 0.3) is 5.57 Å². The summed E-state index contributed by atoms with van der Waals surface area (Å²) in [6.45, 7) is 3.73. The number of ether oxygens (including phenoxy) is 3. The molecule has 0 spiro atoms. The van der Waals surface area contributed by atoms with E-state index >= 15 is 0 Å². The number of benzene rings is 1. The summed E-state index contributed by atoms with van der Waals surface area (Å²) in [7, 11) is 0. The number of hydrogen-bond acceptors (Lipinski definition) is 5. The van der Waals surface area contributed by atoms with Gasteiger partial charge in [-0.3, -0.25) is 10.1 Å². The second-order valence-electron chi connectivity index (χ2n) is 5.67. The third kappa shape index (κ3) is 5.03. The molecule has 154 valence electrons. The van der Waals surface area contributed by atoms with E-state index < -0.39 is 45.7 Å². The van der Waals surface area contributed by atoms with Crippen molar-refractivity contribution in [3.8, 4) is 5.75 Å². The molecule has 2 rings (SSSR count). The van der Waals surface area contributed by atoms with Gasteiger partial charge in [-0.25, -0.2) is 13.2 Å². The van der Waals surface area contributed by atoms with Crippen LogP contribution in [0.1, 0.15) is 32.3 Å². The van der Waals surface area contributed by atoms with Crippen LogP contribution in [0, 0.1) is 21.7 Å². The number of halogens is 4. The summed E-state index contributed by atoms with van der Waals surface area (Å²) < 4.78 is 59.3. The third-order valence-corrected chi connectivity index (χ3v) is 4.85. The molecule has 1 aliphatic carbocycles. The molecule has 0 aliphatic heterocycles. The number of rotatable bonds is 9. The van der Waals surface area contributed by atoms with E-state index in [1.807, 2.05) is 0 Å². The highest BCUT2D eigenvalue weighted by Crippen LogP contribution is 2.46. The Morgan fingerprint density at radius 3 is 2.43 bits per heavy atom. The van der Waals surface area contributed by atoms with Crippen molar-refractivity contribution in [3.05, 3.63) is 48.9 Å². The summed E-state index contributed by atoms with van der Waals surface area (Å²) in [6.07, 6.45) is 1.07. The van der Waals surface area contributed by atoms with Crippen molar-refractivity contribution in [1.82, 2.24) is 0 Å². The average Bonchev–Trinajstić information content (AvgIpc) is 2.63. The van der Waals surface area contributed by atoms with E-state index in [9.17, 15) is 23.3 Å². The molecule has 10 heteroatoms. The Bertz CT molecular complexity index is 807. The van der Waals surface area contributed by atoms with E-state index in [0.717, 1.165) is 0 Å². The molecule has 6 nitrogen and oxygen atoms in total. The van der Waals surface area contributed by atoms with Crippen LogP contribution in [0.15, 0.2) is 21.5 Å². The van der Waals surface area contributed by atoms with Crippen molar-refractivity contribution in [1.29, 1.82) is 0 Å². The number of hydrogen-bond donors (Lipinski definition) is 0. The van der Waals surface area contributed by atoms with Crippen LogP contribution in [0.5, 0.6) is 5.75 Å². The smallest absolute Gasteiger partial charge is 0.321 e. The molecule has 0 saturated carbocycles. The minimum Gasteiger partial charge on any atom is -0.481 e. The molecule has 1 aromatic carbocycles. The van der Waals surface area contributed by atoms with Gasteiger partial charge in [0.1, 0.15) is 18.0 Å². The van der Waals surface area contributed by atoms with Crippen LogP contribution in [-0.2, 0) is 9.47 Å². The maximum absolute atomic E-state index is 14.6. The highest BCUT2D eigenvalue weighted by molar-refractivity contribution is 14.1. The van der Waals surface area contributed by atoms with Gasteiger partial charge in [-0.05, 0) is 42.9 Å². The zero-order valence-electron chi connectivity index (χ0n) is 15.3. The Kier molecular flexibility index (Phi) is 8.25. The number of nitrogens with zero attached hydrogens (tertiary/aromatic N) is 1. The summed E-state index contributed by atoms with van der Waals surface area (Å²) in [5.74, 6) is -4.15. The molecular weight excluding hydrogens is 494 g/mol. The van der Waals surface area contributed by atoms with Crippen molar-refractivity contribution >= 4 is 33.9 Å². The fourth-order valence-corrected chi connectivity index (χ4v) is 3.60. The summed E-state index contributed by atoms with van der Waals surface area (Å²) in [5.41, 5.74) is -1.94. The fraction of sp³-hybridized carbons (Fsp3) is 0.444. The van der Waals surface area contributed by atoms with Gasteiger partial charge in [-0.1, -0.05) is 6.08 Å². The Morgan fingerprint density at radius 2 is 1.89 bits per heavy atom. The summed E-state index contributed by atoms with van der Waals surface area (Å²) in [4.78, 5) is 10.8. The number of nitro benzene ring substituents is 1. The van der Waals surface area contributed by atoms with E-state index in [2.05, 4.69) is 0 Å². The monoisotopic (exact) mass is 513 g/mol. The molecular formula is C18H19F3INO5. The maximum atomic E-state index is 14.6. The van der Waals surface area contributed by atoms with Gasteiger partial charge in [0.15, 0.2) is 17.9 Å². The first-order chi connectivity index (χ1) is 13.3. The normalized spacial score (nSPS) is 14.5. The van der Waals surface area contributed by atoms with Gasteiger partial charge in [0, 0.05) is 34.9 Å². The number of allylic oxidation sites excluding steroid dienone is 4. The summed E-state index contributed by atoms with van der Waals surface area (Å²) >= 11 is 1.74. The van der Waals surface area contributed by atoms with E-state index in [4.69, 9.17) is 14.2 Å². The average molecular weight is 513 g/mol. The molecule has 0 radical (unpaired) electrons. The topological polar surface area (TPSA) is 70.8 Å². The highest BCUT2D eigenvalue weighted by atomic mass is 127. The summed E-state index contributed by atoms with van der Waals surface area (Å²) in [6, 6.07) is 0.573. The van der Waals surface area contributed by atoms with E-state index in [1.54, 1.807) is 42.5 Å². The first kappa shape index (κ1) is 22.6. The molecule has 0 aromatic heterocycles. The molecule has 0 bridgehead atoms. The quantitative estimate of drug-likeness (QED) is 0.190. The summed E-state index contributed by atoms with van der Waals surface area (Å²) in [5, 5.41) is 11.7. The standard InChI is InChI=1S/C18H19F3INO5/c1-3-26-14(27-4-2)9-28-13-8-11(20)17(21)16(18(13)23(24)25)15-10(19)6-5-7-12(15)22/h7-8,14H,3-6,9H2,1-2H3. The van der Waals surface area contributed by atoms with Gasteiger partial charge in [0.2, 0.25) is 5.75 Å². The van der Waals surface area contributed by atoms with Crippen LogP contribution in [0.3, 0.4) is 0 Å². The molecule has 1 aromatic rings. The zero-order valence-corrected chi connectivity index (χ0v) is 17.4. The molecule has 0 saturated heterocycles. The molecule has 0 unspecified atom stereocenters. The molecule has 28 heavy (non-hydrogen) atoms. The van der Waals surface area contributed by atoms with Crippen molar-refractivity contribution in [3.63, 3.8) is 0 Å². The van der Waals surface area contributed by atoms with E-state index in [-0.39, 0.29) is 22.2 Å². The predicted molar refractivity (Wildman–Crippen MR) is 105 cm³/mol. The van der Waals surface area contributed by atoms with Gasteiger partial charge < -0.3 is 14.2 Å². The van der Waals surface area contributed by atoms with E-state index in [0.29, 0.717) is 25.7 Å². The molecule has 0 amide bonds. The van der Waals surface area contributed by atoms with Gasteiger partial charge >= 0.3 is 5.69 Å². The highest BCUT2D eigenvalue weighted by Gasteiger charge is 2.34. The lowest BCUT2D eigenvalue weighted by molar-refractivity contribution is -0.386. The molecule has 0 atom stereocenters. The van der Waals surface area contributed by atoms with Crippen LogP contribution in [0.2, 0.25) is 0 Å². The lowest BCUT2D eigenvalue weighted by Gasteiger charge is -2.19. The van der Waals surface area contributed by atoms with Crippen molar-refractivity contribution < 1.29 is 32.3 Å².